The zero-order valence-electron chi connectivity index (χ0n) is 73.6. The van der Waals surface area contributed by atoms with E-state index in [1.54, 1.807) is 0 Å². The van der Waals surface area contributed by atoms with E-state index in [2.05, 4.69) is 203 Å². The molecule has 5 unspecified atom stereocenters. The van der Waals surface area contributed by atoms with E-state index in [1.807, 2.05) is 0 Å². The van der Waals surface area contributed by atoms with Gasteiger partial charge in [-0.15, -0.1) is 0 Å². The van der Waals surface area contributed by atoms with Crippen molar-refractivity contribution in [3.63, 3.8) is 0 Å². The number of esters is 3. The van der Waals surface area contributed by atoms with Crippen LogP contribution in [0, 0.1) is 0 Å². The molecule has 5 atom stereocenters. The lowest BCUT2D eigenvalue weighted by Gasteiger charge is -2.21. The number of aliphatic hydroxyl groups excluding tert-OH is 2. The minimum absolute atomic E-state index is 0.0803. The minimum Gasteiger partial charge on any atom is -0.463 e. The second-order valence-electron chi connectivity index (χ2n) is 30.3. The van der Waals surface area contributed by atoms with E-state index in [-0.39, 0.29) is 19.3 Å². The number of carbonyl (C=O) groups is 3. The first-order valence-corrected chi connectivity index (χ1v) is 49.1. The van der Waals surface area contributed by atoms with Crippen LogP contribution in [-0.2, 0) is 55.8 Å². The van der Waals surface area contributed by atoms with E-state index >= 15 is 0 Å². The number of hydrogen-bond acceptors (Lipinski definition) is 14. The fourth-order valence-corrected chi connectivity index (χ4v) is 13.8. The minimum atomic E-state index is -4.95. The Bertz CT molecular complexity index is 2860. The molecule has 0 aromatic heterocycles. The van der Waals surface area contributed by atoms with Gasteiger partial charge in [0.05, 0.1) is 26.4 Å². The third kappa shape index (κ3) is 91.2. The molecular formula is C99H166O16P2. The molecule has 0 rings (SSSR count). The highest BCUT2D eigenvalue weighted by molar-refractivity contribution is 7.47. The lowest BCUT2D eigenvalue weighted by molar-refractivity contribution is -0.161. The first kappa shape index (κ1) is 112. The summed E-state index contributed by atoms with van der Waals surface area (Å²) in [6, 6.07) is 0. The van der Waals surface area contributed by atoms with Crippen LogP contribution in [0.3, 0.4) is 0 Å². The Morgan fingerprint density at radius 1 is 0.248 bits per heavy atom. The van der Waals surface area contributed by atoms with Crippen molar-refractivity contribution in [3.05, 3.63) is 182 Å². The largest absolute Gasteiger partial charge is 0.472 e. The summed E-state index contributed by atoms with van der Waals surface area (Å²) in [5.74, 6) is -1.59. The second kappa shape index (κ2) is 89.9. The van der Waals surface area contributed by atoms with Crippen molar-refractivity contribution in [2.45, 2.75) is 386 Å². The number of phosphoric acid groups is 2. The first-order chi connectivity index (χ1) is 57.2. The van der Waals surface area contributed by atoms with Gasteiger partial charge in [-0.05, 0) is 161 Å². The number of ether oxygens (including phenoxy) is 3. The van der Waals surface area contributed by atoms with Gasteiger partial charge in [0, 0.05) is 19.3 Å². The van der Waals surface area contributed by atoms with Gasteiger partial charge in [-0.25, -0.2) is 9.13 Å². The highest BCUT2D eigenvalue weighted by Gasteiger charge is 2.29. The summed E-state index contributed by atoms with van der Waals surface area (Å²) in [6.45, 7) is 2.44. The Balaban J connectivity index is 4.68. The van der Waals surface area contributed by atoms with Crippen LogP contribution >= 0.6 is 15.6 Å². The topological polar surface area (TPSA) is 231 Å². The molecular weight excluding hydrogens is 1510 g/mol. The number of rotatable bonds is 86. The average molecular weight is 1670 g/mol. The maximum Gasteiger partial charge on any atom is 0.472 e. The summed E-state index contributed by atoms with van der Waals surface area (Å²) in [5.41, 5.74) is 0. The van der Waals surface area contributed by atoms with E-state index in [9.17, 15) is 43.5 Å². The number of carbonyl (C=O) groups excluding carboxylic acids is 3. The van der Waals surface area contributed by atoms with Gasteiger partial charge in [0.15, 0.2) is 6.10 Å². The van der Waals surface area contributed by atoms with Crippen LogP contribution < -0.4 is 0 Å². The molecule has 0 aromatic carbocycles. The van der Waals surface area contributed by atoms with Crippen molar-refractivity contribution in [1.29, 1.82) is 0 Å². The Hall–Kier alpha value is -5.35. The zero-order valence-corrected chi connectivity index (χ0v) is 75.4. The van der Waals surface area contributed by atoms with Crippen molar-refractivity contribution >= 4 is 33.6 Å². The standard InChI is InChI=1S/C99H166O16P2/c1-4-7-10-13-16-19-22-25-28-31-34-37-40-43-45-46-48-51-52-55-58-61-64-67-70-73-76-79-82-85-97(102)109-88-94(100)89-111-116(105,106)112-90-95(101)91-113-117(107,108)114-93-96(115-99(104)87-84-81-78-75-72-69-66-63-60-57-54-49-42-39-36-33-30-27-24-21-18-15-12-9-6-3)92-110-98(103)86-83-80-77-74-71-68-65-62-59-56-53-50-47-44-41-38-35-32-29-26-23-20-17-14-11-8-5-2/h8-9,11-12,16-21,25-30,34-39,43-45,47,49,54,60,63,94-96,100-101H,4-7,10,13-15,22-24,31-33,40-42,46,48,50-53,55-59,61-62,64-93H2,1-3H3,(H,105,106)(H,107,108)/b11-8-,12-9-,19-16-,20-17-,21-18-,28-25-,29-26-,30-27-,37-34-,38-35-,39-36-,45-43-,47-44-,54-49-,63-60-. The van der Waals surface area contributed by atoms with Crippen molar-refractivity contribution in [3.8, 4) is 0 Å². The molecule has 16 nitrogen and oxygen atoms in total. The Kier molecular flexibility index (Phi) is 85.8. The van der Waals surface area contributed by atoms with E-state index < -0.39 is 91.5 Å². The van der Waals surface area contributed by atoms with Gasteiger partial charge in [-0.1, -0.05) is 370 Å². The normalized spacial score (nSPS) is 14.6. The number of aliphatic hydroxyl groups is 2. The monoisotopic (exact) mass is 1670 g/mol. The Morgan fingerprint density at radius 3 is 0.718 bits per heavy atom. The van der Waals surface area contributed by atoms with Gasteiger partial charge in [0.1, 0.15) is 25.4 Å². The molecule has 4 N–H and O–H groups in total. The third-order valence-corrected chi connectivity index (χ3v) is 21.0. The number of unbranched alkanes of at least 4 members (excludes halogenated alkanes) is 33. The molecule has 18 heteroatoms. The molecule has 0 aromatic rings. The third-order valence-electron chi connectivity index (χ3n) is 19.1. The smallest absolute Gasteiger partial charge is 0.463 e. The number of phosphoric ester groups is 2. The molecule has 0 saturated heterocycles. The molecule has 0 radical (unpaired) electrons. The van der Waals surface area contributed by atoms with Crippen molar-refractivity contribution in [2.24, 2.45) is 0 Å². The Morgan fingerprint density at radius 2 is 0.453 bits per heavy atom. The molecule has 0 bridgehead atoms. The van der Waals surface area contributed by atoms with Gasteiger partial charge in [0.2, 0.25) is 0 Å². The highest BCUT2D eigenvalue weighted by Crippen LogP contribution is 2.45. The predicted molar refractivity (Wildman–Crippen MR) is 491 cm³/mol. The molecule has 0 fully saturated rings. The van der Waals surface area contributed by atoms with Crippen LogP contribution in [0.5, 0.6) is 0 Å². The maximum atomic E-state index is 13.1. The maximum absolute atomic E-state index is 13.1. The van der Waals surface area contributed by atoms with E-state index in [1.165, 1.54) is 122 Å². The van der Waals surface area contributed by atoms with Gasteiger partial charge in [-0.3, -0.25) is 32.5 Å². The van der Waals surface area contributed by atoms with Crippen LogP contribution in [0.1, 0.15) is 367 Å². The van der Waals surface area contributed by atoms with Crippen LogP contribution in [0.2, 0.25) is 0 Å². The van der Waals surface area contributed by atoms with Gasteiger partial charge in [0.25, 0.3) is 0 Å². The van der Waals surface area contributed by atoms with Crippen LogP contribution in [0.25, 0.3) is 0 Å². The molecule has 0 aliphatic rings. The average Bonchev–Trinajstić information content (AvgIpc) is 0.907. The predicted octanol–water partition coefficient (Wildman–Crippen LogP) is 28.4. The van der Waals surface area contributed by atoms with E-state index in [4.69, 9.17) is 32.3 Å². The molecule has 0 aliphatic carbocycles. The first-order valence-electron chi connectivity index (χ1n) is 46.1. The van der Waals surface area contributed by atoms with E-state index in [0.717, 1.165) is 186 Å². The number of hydrogen-bond donors (Lipinski definition) is 4. The van der Waals surface area contributed by atoms with Crippen molar-refractivity contribution in [2.75, 3.05) is 39.6 Å². The summed E-state index contributed by atoms with van der Waals surface area (Å²) in [7, 11) is -9.82. The SMILES string of the molecule is CC/C=C\C/C=C\C/C=C\C/C=C\C/C=C\C/C=C\CCCCCCCCC(=O)OC(COC(=O)CCCCCCCCCCCCC/C=C\C/C=C\C/C=C\C/C=C\C/C=C\CC)COP(=O)(O)OCC(O)COP(=O)(O)OCC(O)COC(=O)CCCCCCCCCCCCCCC/C=C\C/C=C\C/C=C\C/C=C\CCCCC. The molecule has 0 aliphatic heterocycles. The van der Waals surface area contributed by atoms with Crippen LogP contribution in [0.15, 0.2) is 182 Å². The molecule has 0 heterocycles. The lowest BCUT2D eigenvalue weighted by atomic mass is 10.0. The summed E-state index contributed by atoms with van der Waals surface area (Å²) in [5, 5.41) is 20.7. The van der Waals surface area contributed by atoms with Gasteiger partial charge >= 0.3 is 33.6 Å². The van der Waals surface area contributed by atoms with Gasteiger partial charge < -0.3 is 34.2 Å². The van der Waals surface area contributed by atoms with Crippen LogP contribution in [-0.4, -0.2) is 95.9 Å². The van der Waals surface area contributed by atoms with Crippen molar-refractivity contribution < 1.29 is 75.8 Å². The molecule has 117 heavy (non-hydrogen) atoms. The fourth-order valence-electron chi connectivity index (χ4n) is 12.2. The highest BCUT2D eigenvalue weighted by atomic mass is 31.2. The summed E-state index contributed by atoms with van der Waals surface area (Å²) >= 11 is 0. The van der Waals surface area contributed by atoms with E-state index in [0.29, 0.717) is 19.3 Å². The molecule has 0 saturated carbocycles. The summed E-state index contributed by atoms with van der Waals surface area (Å²) < 4.78 is 61.5. The summed E-state index contributed by atoms with van der Waals surface area (Å²) in [4.78, 5) is 59.0. The molecule has 0 spiro atoms. The van der Waals surface area contributed by atoms with Crippen LogP contribution in [0.4, 0.5) is 0 Å². The molecule has 668 valence electrons. The zero-order chi connectivity index (χ0) is 85.1. The Labute approximate surface area is 713 Å². The second-order valence-corrected chi connectivity index (χ2v) is 33.2. The molecule has 0 amide bonds. The lowest BCUT2D eigenvalue weighted by Crippen LogP contribution is -2.30. The summed E-state index contributed by atoms with van der Waals surface area (Å²) in [6.07, 6.45) is 118. The number of allylic oxidation sites excluding steroid dienone is 30. The quantitative estimate of drug-likeness (QED) is 0.0146. The van der Waals surface area contributed by atoms with Crippen molar-refractivity contribution in [1.82, 2.24) is 0 Å². The van der Waals surface area contributed by atoms with Gasteiger partial charge in [-0.2, -0.15) is 0 Å². The fraction of sp³-hybridized carbons (Fsp3) is 0.667.